The summed E-state index contributed by atoms with van der Waals surface area (Å²) in [5.41, 5.74) is 2.44. The number of amides is 1. The van der Waals surface area contributed by atoms with Gasteiger partial charge in [0.1, 0.15) is 0 Å². The van der Waals surface area contributed by atoms with Crippen molar-refractivity contribution in [3.8, 4) is 5.69 Å². The molecule has 0 bridgehead atoms. The van der Waals surface area contributed by atoms with Gasteiger partial charge in [0.05, 0.1) is 11.9 Å². The largest absolute Gasteiger partial charge is 0.341 e. The van der Waals surface area contributed by atoms with E-state index in [0.717, 1.165) is 5.69 Å². The smallest absolute Gasteiger partial charge is 0.275 e. The zero-order valence-electron chi connectivity index (χ0n) is 10.8. The second-order valence-corrected chi connectivity index (χ2v) is 4.20. The summed E-state index contributed by atoms with van der Waals surface area (Å²) < 4.78 is 1.61. The van der Waals surface area contributed by atoms with Crippen LogP contribution in [0, 0.1) is 6.92 Å². The topological polar surface area (TPSA) is 51.0 Å². The van der Waals surface area contributed by atoms with Crippen LogP contribution in [0.25, 0.3) is 5.69 Å². The third kappa shape index (κ3) is 2.40. The van der Waals surface area contributed by atoms with E-state index in [1.165, 1.54) is 5.56 Å². The highest BCUT2D eigenvalue weighted by Gasteiger charge is 2.14. The molecule has 0 saturated heterocycles. The van der Waals surface area contributed by atoms with E-state index in [1.807, 2.05) is 38.1 Å². The molecule has 0 N–H and O–H groups in total. The van der Waals surface area contributed by atoms with Crippen molar-refractivity contribution in [2.24, 2.45) is 0 Å². The molecular formula is C13H16N4O. The maximum atomic E-state index is 11.9. The first kappa shape index (κ1) is 12.3. The van der Waals surface area contributed by atoms with Gasteiger partial charge >= 0.3 is 0 Å². The van der Waals surface area contributed by atoms with E-state index in [9.17, 15) is 4.79 Å². The minimum atomic E-state index is -0.115. The number of rotatable bonds is 3. The molecule has 5 nitrogen and oxygen atoms in total. The Labute approximate surface area is 106 Å². The normalized spacial score (nSPS) is 10.4. The van der Waals surface area contributed by atoms with E-state index >= 15 is 0 Å². The molecule has 0 atom stereocenters. The number of carbonyl (C=O) groups excluding carboxylic acids is 1. The summed E-state index contributed by atoms with van der Waals surface area (Å²) in [5.74, 6) is -0.115. The average Bonchev–Trinajstić information content (AvgIpc) is 2.87. The Balaban J connectivity index is 2.25. The van der Waals surface area contributed by atoms with Gasteiger partial charge in [0.25, 0.3) is 5.91 Å². The summed E-state index contributed by atoms with van der Waals surface area (Å²) in [4.78, 5) is 13.5. The first-order valence-electron chi connectivity index (χ1n) is 5.86. The third-order valence-corrected chi connectivity index (χ3v) is 2.83. The molecule has 0 unspecified atom stereocenters. The molecule has 0 radical (unpaired) electrons. The Hall–Kier alpha value is -2.17. The van der Waals surface area contributed by atoms with Crippen LogP contribution in [0.1, 0.15) is 23.0 Å². The van der Waals surface area contributed by atoms with Crippen LogP contribution >= 0.6 is 0 Å². The van der Waals surface area contributed by atoms with Crippen molar-refractivity contribution < 1.29 is 4.79 Å². The van der Waals surface area contributed by atoms with Gasteiger partial charge in [-0.25, -0.2) is 4.68 Å². The Morgan fingerprint density at radius 3 is 2.61 bits per heavy atom. The molecule has 2 rings (SSSR count). The van der Waals surface area contributed by atoms with E-state index in [1.54, 1.807) is 22.8 Å². The lowest BCUT2D eigenvalue weighted by atomic mass is 10.2. The molecule has 0 aliphatic heterocycles. The number of benzene rings is 1. The minimum absolute atomic E-state index is 0.115. The maximum absolute atomic E-state index is 11.9. The lowest BCUT2D eigenvalue weighted by Crippen LogP contribution is -2.26. The van der Waals surface area contributed by atoms with Crippen molar-refractivity contribution in [3.05, 3.63) is 41.7 Å². The quantitative estimate of drug-likeness (QED) is 0.825. The van der Waals surface area contributed by atoms with Crippen LogP contribution in [0.4, 0.5) is 0 Å². The highest BCUT2D eigenvalue weighted by Crippen LogP contribution is 2.09. The van der Waals surface area contributed by atoms with Crippen LogP contribution in [0.2, 0.25) is 0 Å². The Morgan fingerprint density at radius 1 is 1.33 bits per heavy atom. The molecule has 18 heavy (non-hydrogen) atoms. The van der Waals surface area contributed by atoms with E-state index in [0.29, 0.717) is 12.2 Å². The molecule has 0 fully saturated rings. The van der Waals surface area contributed by atoms with Crippen LogP contribution in [-0.2, 0) is 0 Å². The summed E-state index contributed by atoms with van der Waals surface area (Å²) in [6, 6.07) is 7.89. The number of hydrogen-bond donors (Lipinski definition) is 0. The molecule has 1 heterocycles. The van der Waals surface area contributed by atoms with E-state index < -0.39 is 0 Å². The van der Waals surface area contributed by atoms with Crippen LogP contribution < -0.4 is 0 Å². The standard InChI is InChI=1S/C13H16N4O/c1-4-16(3)13(18)12-9-17(15-14-12)11-7-5-10(2)6-8-11/h5-9H,4H2,1-3H3. The van der Waals surface area contributed by atoms with Crippen molar-refractivity contribution >= 4 is 5.91 Å². The first-order chi connectivity index (χ1) is 8.61. The molecule has 0 saturated carbocycles. The van der Waals surface area contributed by atoms with Gasteiger partial charge in [-0.05, 0) is 26.0 Å². The van der Waals surface area contributed by atoms with Gasteiger partial charge in [0.15, 0.2) is 5.69 Å². The van der Waals surface area contributed by atoms with Gasteiger partial charge in [0.2, 0.25) is 0 Å². The molecule has 0 aliphatic carbocycles. The Kier molecular flexibility index (Phi) is 3.41. The average molecular weight is 244 g/mol. The molecule has 5 heteroatoms. The van der Waals surface area contributed by atoms with Crippen molar-refractivity contribution in [2.75, 3.05) is 13.6 Å². The van der Waals surface area contributed by atoms with Crippen molar-refractivity contribution in [1.29, 1.82) is 0 Å². The third-order valence-electron chi connectivity index (χ3n) is 2.83. The number of carbonyl (C=O) groups is 1. The van der Waals surface area contributed by atoms with Crippen molar-refractivity contribution in [3.63, 3.8) is 0 Å². The monoisotopic (exact) mass is 244 g/mol. The Morgan fingerprint density at radius 2 is 2.00 bits per heavy atom. The maximum Gasteiger partial charge on any atom is 0.275 e. The van der Waals surface area contributed by atoms with Gasteiger partial charge in [0, 0.05) is 13.6 Å². The molecule has 1 aromatic heterocycles. The summed E-state index contributed by atoms with van der Waals surface area (Å²) in [6.45, 7) is 4.59. The molecule has 0 spiro atoms. The van der Waals surface area contributed by atoms with Gasteiger partial charge in [-0.15, -0.1) is 5.10 Å². The fourth-order valence-corrected chi connectivity index (χ4v) is 1.52. The molecule has 94 valence electrons. The summed E-state index contributed by atoms with van der Waals surface area (Å²) in [5, 5.41) is 7.88. The number of nitrogens with zero attached hydrogens (tertiary/aromatic N) is 4. The fraction of sp³-hybridized carbons (Fsp3) is 0.308. The van der Waals surface area contributed by atoms with E-state index in [2.05, 4.69) is 10.3 Å². The predicted octanol–water partition coefficient (Wildman–Crippen LogP) is 1.67. The summed E-state index contributed by atoms with van der Waals surface area (Å²) in [6.07, 6.45) is 1.65. The minimum Gasteiger partial charge on any atom is -0.341 e. The molecular weight excluding hydrogens is 228 g/mol. The second-order valence-electron chi connectivity index (χ2n) is 4.20. The number of hydrogen-bond acceptors (Lipinski definition) is 3. The molecule has 0 aliphatic rings. The molecule has 2 aromatic rings. The summed E-state index contributed by atoms with van der Waals surface area (Å²) in [7, 11) is 1.74. The highest BCUT2D eigenvalue weighted by atomic mass is 16.2. The number of aryl methyl sites for hydroxylation is 1. The Bertz CT molecular complexity index is 544. The predicted molar refractivity (Wildman–Crippen MR) is 68.7 cm³/mol. The zero-order valence-corrected chi connectivity index (χ0v) is 10.8. The lowest BCUT2D eigenvalue weighted by molar-refractivity contribution is 0.0796. The lowest BCUT2D eigenvalue weighted by Gasteiger charge is -2.11. The fourth-order valence-electron chi connectivity index (χ4n) is 1.52. The van der Waals surface area contributed by atoms with Crippen LogP contribution in [0.15, 0.2) is 30.5 Å². The van der Waals surface area contributed by atoms with Crippen LogP contribution in [0.3, 0.4) is 0 Å². The van der Waals surface area contributed by atoms with Gasteiger partial charge in [-0.2, -0.15) is 0 Å². The highest BCUT2D eigenvalue weighted by molar-refractivity contribution is 5.91. The molecule has 1 amide bonds. The number of aromatic nitrogens is 3. The summed E-state index contributed by atoms with van der Waals surface area (Å²) >= 11 is 0. The van der Waals surface area contributed by atoms with Crippen molar-refractivity contribution in [1.82, 2.24) is 19.9 Å². The van der Waals surface area contributed by atoms with Crippen LogP contribution in [-0.4, -0.2) is 39.4 Å². The SMILES string of the molecule is CCN(C)C(=O)c1cn(-c2ccc(C)cc2)nn1. The molecule has 1 aromatic carbocycles. The van der Waals surface area contributed by atoms with Gasteiger partial charge in [-0.3, -0.25) is 4.79 Å². The second kappa shape index (κ2) is 5.00. The van der Waals surface area contributed by atoms with Crippen LogP contribution in [0.5, 0.6) is 0 Å². The van der Waals surface area contributed by atoms with E-state index in [-0.39, 0.29) is 5.91 Å². The van der Waals surface area contributed by atoms with E-state index in [4.69, 9.17) is 0 Å². The zero-order chi connectivity index (χ0) is 13.1. The van der Waals surface area contributed by atoms with Crippen molar-refractivity contribution in [2.45, 2.75) is 13.8 Å². The first-order valence-corrected chi connectivity index (χ1v) is 5.86. The van der Waals surface area contributed by atoms with Gasteiger partial charge < -0.3 is 4.90 Å². The van der Waals surface area contributed by atoms with Gasteiger partial charge in [-0.1, -0.05) is 22.9 Å².